The third-order valence-corrected chi connectivity index (χ3v) is 3.13. The average Bonchev–Trinajstić information content (AvgIpc) is 2.53. The van der Waals surface area contributed by atoms with Crippen LogP contribution in [0.4, 0.5) is 0 Å². The van der Waals surface area contributed by atoms with Crippen molar-refractivity contribution in [1.82, 2.24) is 9.97 Å². The van der Waals surface area contributed by atoms with Gasteiger partial charge in [0, 0.05) is 24.2 Å². The van der Waals surface area contributed by atoms with Crippen molar-refractivity contribution in [3.05, 3.63) is 52.2 Å². The molecule has 1 aromatic carbocycles. The molecule has 0 aliphatic heterocycles. The Morgan fingerprint density at radius 1 is 1.23 bits per heavy atom. The maximum absolute atomic E-state index is 11.6. The molecule has 0 saturated carbocycles. The van der Waals surface area contributed by atoms with Gasteiger partial charge in [-0.1, -0.05) is 6.07 Å². The van der Waals surface area contributed by atoms with E-state index >= 15 is 0 Å². The lowest BCUT2D eigenvalue weighted by molar-refractivity contribution is 0.315. The molecule has 1 heterocycles. The van der Waals surface area contributed by atoms with Crippen molar-refractivity contribution in [3.63, 3.8) is 0 Å². The highest BCUT2D eigenvalue weighted by Crippen LogP contribution is 2.18. The summed E-state index contributed by atoms with van der Waals surface area (Å²) >= 11 is 0. The predicted molar refractivity (Wildman–Crippen MR) is 84.4 cm³/mol. The number of aromatic amines is 1. The third-order valence-electron chi connectivity index (χ3n) is 3.13. The van der Waals surface area contributed by atoms with Crippen molar-refractivity contribution in [2.45, 2.75) is 19.3 Å². The Morgan fingerprint density at radius 3 is 2.82 bits per heavy atom. The SMILES string of the molecule is COc1cccc(OCCc2nc(CCCN)cc(=O)[nH]2)c1. The summed E-state index contributed by atoms with van der Waals surface area (Å²) in [6.45, 7) is 1.01. The summed E-state index contributed by atoms with van der Waals surface area (Å²) in [6.07, 6.45) is 2.06. The molecule has 118 valence electrons. The number of methoxy groups -OCH3 is 1. The van der Waals surface area contributed by atoms with Crippen LogP contribution in [0.1, 0.15) is 17.9 Å². The Hall–Kier alpha value is -2.34. The van der Waals surface area contributed by atoms with Gasteiger partial charge in [-0.05, 0) is 31.5 Å². The van der Waals surface area contributed by atoms with Gasteiger partial charge in [0.25, 0.3) is 5.56 Å². The van der Waals surface area contributed by atoms with Gasteiger partial charge in [0.15, 0.2) is 0 Å². The second-order valence-electron chi connectivity index (χ2n) is 4.85. The lowest BCUT2D eigenvalue weighted by Crippen LogP contribution is -2.15. The largest absolute Gasteiger partial charge is 0.497 e. The number of benzene rings is 1. The standard InChI is InChI=1S/C16H21N3O3/c1-21-13-5-2-6-14(11-13)22-9-7-15-18-12(4-3-8-17)10-16(20)19-15/h2,5-6,10-11H,3-4,7-9,17H2,1H3,(H,18,19,20). The van der Waals surface area contributed by atoms with E-state index in [2.05, 4.69) is 9.97 Å². The molecule has 2 aromatic rings. The molecule has 0 unspecified atom stereocenters. The highest BCUT2D eigenvalue weighted by molar-refractivity contribution is 5.32. The first-order valence-corrected chi connectivity index (χ1v) is 7.27. The predicted octanol–water partition coefficient (Wildman–Crippen LogP) is 1.29. The summed E-state index contributed by atoms with van der Waals surface area (Å²) in [5.41, 5.74) is 6.11. The molecular weight excluding hydrogens is 282 g/mol. The van der Waals surface area contributed by atoms with Crippen LogP contribution in [-0.4, -0.2) is 30.2 Å². The van der Waals surface area contributed by atoms with Crippen LogP contribution in [0.25, 0.3) is 0 Å². The minimum atomic E-state index is -0.140. The Labute approximate surface area is 129 Å². The summed E-state index contributed by atoms with van der Waals surface area (Å²) in [6, 6.07) is 8.90. The fourth-order valence-corrected chi connectivity index (χ4v) is 2.05. The first kappa shape index (κ1) is 16.0. The molecule has 0 radical (unpaired) electrons. The first-order chi connectivity index (χ1) is 10.7. The number of hydrogen-bond donors (Lipinski definition) is 2. The number of aromatic nitrogens is 2. The maximum Gasteiger partial charge on any atom is 0.251 e. The number of ether oxygens (including phenoxy) is 2. The van der Waals surface area contributed by atoms with Gasteiger partial charge >= 0.3 is 0 Å². The molecule has 1 aromatic heterocycles. The van der Waals surface area contributed by atoms with E-state index in [4.69, 9.17) is 15.2 Å². The molecule has 0 aliphatic carbocycles. The molecule has 0 fully saturated rings. The van der Waals surface area contributed by atoms with Crippen molar-refractivity contribution in [1.29, 1.82) is 0 Å². The van der Waals surface area contributed by atoms with Crippen molar-refractivity contribution in [2.75, 3.05) is 20.3 Å². The van der Waals surface area contributed by atoms with Crippen LogP contribution in [0.5, 0.6) is 11.5 Å². The summed E-state index contributed by atoms with van der Waals surface area (Å²) in [4.78, 5) is 18.8. The summed E-state index contributed by atoms with van der Waals surface area (Å²) in [7, 11) is 1.61. The minimum absolute atomic E-state index is 0.140. The molecule has 0 amide bonds. The molecule has 0 saturated heterocycles. The van der Waals surface area contributed by atoms with Crippen LogP contribution in [0.15, 0.2) is 35.1 Å². The van der Waals surface area contributed by atoms with E-state index in [0.717, 1.165) is 23.6 Å². The second-order valence-corrected chi connectivity index (χ2v) is 4.85. The van der Waals surface area contributed by atoms with Crippen LogP contribution in [0, 0.1) is 0 Å². The molecule has 3 N–H and O–H groups in total. The van der Waals surface area contributed by atoms with Gasteiger partial charge in [-0.25, -0.2) is 4.98 Å². The van der Waals surface area contributed by atoms with Gasteiger partial charge in [-0.2, -0.15) is 0 Å². The monoisotopic (exact) mass is 303 g/mol. The topological polar surface area (TPSA) is 90.2 Å². The van der Waals surface area contributed by atoms with E-state index < -0.39 is 0 Å². The van der Waals surface area contributed by atoms with Gasteiger partial charge in [0.1, 0.15) is 17.3 Å². The van der Waals surface area contributed by atoms with E-state index in [0.29, 0.717) is 31.8 Å². The summed E-state index contributed by atoms with van der Waals surface area (Å²) in [5.74, 6) is 2.09. The van der Waals surface area contributed by atoms with Gasteiger partial charge in [-0.15, -0.1) is 0 Å². The van der Waals surface area contributed by atoms with E-state index in [9.17, 15) is 4.79 Å². The Kier molecular flexibility index (Phi) is 5.97. The molecule has 22 heavy (non-hydrogen) atoms. The zero-order valence-electron chi connectivity index (χ0n) is 12.7. The zero-order valence-corrected chi connectivity index (χ0v) is 12.7. The van der Waals surface area contributed by atoms with E-state index in [1.807, 2.05) is 24.3 Å². The second kappa shape index (κ2) is 8.19. The Bertz CT molecular complexity index is 655. The third kappa shape index (κ3) is 4.89. The lowest BCUT2D eigenvalue weighted by atomic mass is 10.2. The molecule has 0 spiro atoms. The average molecular weight is 303 g/mol. The molecule has 6 nitrogen and oxygen atoms in total. The molecular formula is C16H21N3O3. The Balaban J connectivity index is 1.93. The number of nitrogens with two attached hydrogens (primary N) is 1. The van der Waals surface area contributed by atoms with Crippen LogP contribution >= 0.6 is 0 Å². The number of rotatable bonds is 8. The lowest BCUT2D eigenvalue weighted by Gasteiger charge is -2.08. The summed E-state index contributed by atoms with van der Waals surface area (Å²) < 4.78 is 10.8. The van der Waals surface area contributed by atoms with E-state index in [-0.39, 0.29) is 5.56 Å². The molecule has 0 bridgehead atoms. The van der Waals surface area contributed by atoms with Crippen molar-refractivity contribution < 1.29 is 9.47 Å². The number of nitrogens with zero attached hydrogens (tertiary/aromatic N) is 1. The van der Waals surface area contributed by atoms with Crippen molar-refractivity contribution in [3.8, 4) is 11.5 Å². The van der Waals surface area contributed by atoms with Crippen molar-refractivity contribution >= 4 is 0 Å². The van der Waals surface area contributed by atoms with Gasteiger partial charge in [0.2, 0.25) is 0 Å². The Morgan fingerprint density at radius 2 is 2.05 bits per heavy atom. The summed E-state index contributed by atoms with van der Waals surface area (Å²) in [5, 5.41) is 0. The van der Waals surface area contributed by atoms with Gasteiger partial charge in [0.05, 0.1) is 13.7 Å². The van der Waals surface area contributed by atoms with E-state index in [1.165, 1.54) is 6.07 Å². The highest BCUT2D eigenvalue weighted by Gasteiger charge is 2.03. The number of nitrogens with one attached hydrogen (secondary N) is 1. The minimum Gasteiger partial charge on any atom is -0.497 e. The van der Waals surface area contributed by atoms with E-state index in [1.54, 1.807) is 7.11 Å². The maximum atomic E-state index is 11.6. The smallest absolute Gasteiger partial charge is 0.251 e. The molecule has 2 rings (SSSR count). The van der Waals surface area contributed by atoms with Crippen LogP contribution in [-0.2, 0) is 12.8 Å². The normalized spacial score (nSPS) is 10.5. The fraction of sp³-hybridized carbons (Fsp3) is 0.375. The molecule has 0 aliphatic rings. The van der Waals surface area contributed by atoms with Gasteiger partial charge < -0.3 is 20.2 Å². The number of aryl methyl sites for hydroxylation is 1. The van der Waals surface area contributed by atoms with Gasteiger partial charge in [-0.3, -0.25) is 4.79 Å². The first-order valence-electron chi connectivity index (χ1n) is 7.27. The number of hydrogen-bond acceptors (Lipinski definition) is 5. The fourth-order valence-electron chi connectivity index (χ4n) is 2.05. The van der Waals surface area contributed by atoms with Crippen LogP contribution in [0.2, 0.25) is 0 Å². The van der Waals surface area contributed by atoms with Crippen LogP contribution in [0.3, 0.4) is 0 Å². The molecule has 0 atom stereocenters. The highest BCUT2D eigenvalue weighted by atomic mass is 16.5. The molecule has 6 heteroatoms. The van der Waals surface area contributed by atoms with Crippen LogP contribution < -0.4 is 20.8 Å². The zero-order chi connectivity index (χ0) is 15.8. The van der Waals surface area contributed by atoms with Crippen molar-refractivity contribution in [2.24, 2.45) is 5.73 Å². The number of H-pyrrole nitrogens is 1. The quantitative estimate of drug-likeness (QED) is 0.767.